The molecule has 0 saturated carbocycles. The number of carbonyl (C=O) groups is 1. The minimum Gasteiger partial charge on any atom is -0.508 e. The number of nitrogens with two attached hydrogens (primary N) is 1. The molecule has 1 amide bonds. The van der Waals surface area contributed by atoms with Crippen molar-refractivity contribution < 1.29 is 15.0 Å². The van der Waals surface area contributed by atoms with Crippen molar-refractivity contribution in [3.8, 4) is 5.75 Å². The Kier molecular flexibility index (Phi) is 7.59. The molecule has 31 heavy (non-hydrogen) atoms. The van der Waals surface area contributed by atoms with E-state index in [2.05, 4.69) is 15.6 Å². The predicted molar refractivity (Wildman–Crippen MR) is 120 cm³/mol. The van der Waals surface area contributed by atoms with Crippen LogP contribution in [0, 0.1) is 0 Å². The molecule has 6 N–H and O–H groups in total. The minimum absolute atomic E-state index is 0.103. The highest BCUT2D eigenvalue weighted by atomic mass is 16.3. The molecule has 0 radical (unpaired) electrons. The van der Waals surface area contributed by atoms with Crippen LogP contribution in [-0.4, -0.2) is 33.7 Å². The number of aliphatic hydroxyl groups is 1. The molecule has 3 aromatic rings. The normalized spacial score (nSPS) is 12.8. The van der Waals surface area contributed by atoms with Crippen molar-refractivity contribution in [1.29, 1.82) is 0 Å². The first-order chi connectivity index (χ1) is 14.9. The monoisotopic (exact) mass is 420 g/mol. The van der Waals surface area contributed by atoms with Gasteiger partial charge in [0.25, 0.3) is 5.91 Å². The number of carbonyl (C=O) groups excluding carboxylic acids is 1. The average molecular weight is 421 g/mol. The molecule has 0 fully saturated rings. The molecule has 2 aromatic carbocycles. The van der Waals surface area contributed by atoms with Gasteiger partial charge in [0, 0.05) is 36.5 Å². The summed E-state index contributed by atoms with van der Waals surface area (Å²) in [6.07, 6.45) is 1.62. The van der Waals surface area contributed by atoms with E-state index in [1.165, 1.54) is 0 Å². The van der Waals surface area contributed by atoms with Crippen LogP contribution in [-0.2, 0) is 13.0 Å². The summed E-state index contributed by atoms with van der Waals surface area (Å²) in [4.78, 5) is 16.5. The van der Waals surface area contributed by atoms with Gasteiger partial charge >= 0.3 is 0 Å². The Labute approximate surface area is 182 Å². The highest BCUT2D eigenvalue weighted by molar-refractivity contribution is 5.94. The zero-order valence-electron chi connectivity index (χ0n) is 17.5. The molecule has 0 unspecified atom stereocenters. The van der Waals surface area contributed by atoms with Crippen LogP contribution in [0.2, 0.25) is 0 Å². The summed E-state index contributed by atoms with van der Waals surface area (Å²) in [5.41, 5.74) is 8.82. The molecule has 162 valence electrons. The number of hydrogen-bond donors (Lipinski definition) is 5. The highest BCUT2D eigenvalue weighted by Crippen LogP contribution is 2.13. The van der Waals surface area contributed by atoms with Crippen molar-refractivity contribution in [3.63, 3.8) is 0 Å². The average Bonchev–Trinajstić information content (AvgIpc) is 2.77. The van der Waals surface area contributed by atoms with Crippen LogP contribution in [0.25, 0.3) is 0 Å². The summed E-state index contributed by atoms with van der Waals surface area (Å²) >= 11 is 0. The number of phenols is 1. The standard InChI is InChI=1S/C24H28N4O3/c1-16(26-15-22(30)20-7-10-23(25)27-14-20)11-18-3-2-4-19(12-18)24(31)28-13-17-5-8-21(29)9-6-17/h2-10,12,14,16,22,26,29-30H,11,13,15H2,1H3,(H2,25,27)(H,28,31)/t16-,22-/m1/s1. The number of rotatable bonds is 9. The maximum atomic E-state index is 12.5. The van der Waals surface area contributed by atoms with E-state index in [9.17, 15) is 15.0 Å². The molecule has 7 heteroatoms. The van der Waals surface area contributed by atoms with Gasteiger partial charge in [0.05, 0.1) is 6.10 Å². The number of aromatic hydroxyl groups is 1. The van der Waals surface area contributed by atoms with Gasteiger partial charge in [0.15, 0.2) is 0 Å². The van der Waals surface area contributed by atoms with Crippen LogP contribution < -0.4 is 16.4 Å². The molecule has 0 saturated heterocycles. The summed E-state index contributed by atoms with van der Waals surface area (Å²) in [5, 5.41) is 25.8. The molecule has 0 spiro atoms. The molecule has 0 aliphatic rings. The summed E-state index contributed by atoms with van der Waals surface area (Å²) in [6.45, 7) is 2.81. The smallest absolute Gasteiger partial charge is 0.251 e. The molecule has 2 atom stereocenters. The third-order valence-corrected chi connectivity index (χ3v) is 4.97. The van der Waals surface area contributed by atoms with E-state index in [1.807, 2.05) is 25.1 Å². The maximum absolute atomic E-state index is 12.5. The fourth-order valence-corrected chi connectivity index (χ4v) is 3.21. The van der Waals surface area contributed by atoms with Gasteiger partial charge < -0.3 is 26.6 Å². The molecule has 3 rings (SSSR count). The summed E-state index contributed by atoms with van der Waals surface area (Å²) < 4.78 is 0. The number of pyridine rings is 1. The van der Waals surface area contributed by atoms with E-state index in [1.54, 1.807) is 48.7 Å². The van der Waals surface area contributed by atoms with E-state index in [4.69, 9.17) is 5.73 Å². The number of nitrogens with zero attached hydrogens (tertiary/aromatic N) is 1. The Morgan fingerprint density at radius 3 is 2.58 bits per heavy atom. The third-order valence-electron chi connectivity index (χ3n) is 4.97. The van der Waals surface area contributed by atoms with Gasteiger partial charge in [-0.25, -0.2) is 4.98 Å². The Balaban J connectivity index is 1.50. The van der Waals surface area contributed by atoms with Crippen molar-refractivity contribution in [1.82, 2.24) is 15.6 Å². The molecule has 1 aromatic heterocycles. The van der Waals surface area contributed by atoms with Crippen LogP contribution in [0.3, 0.4) is 0 Å². The van der Waals surface area contributed by atoms with Gasteiger partial charge in [0.2, 0.25) is 0 Å². The molecule has 0 bridgehead atoms. The second kappa shape index (κ2) is 10.6. The van der Waals surface area contributed by atoms with E-state index < -0.39 is 6.10 Å². The first-order valence-corrected chi connectivity index (χ1v) is 10.2. The Bertz CT molecular complexity index is 990. The number of aliphatic hydroxyl groups excluding tert-OH is 1. The van der Waals surface area contributed by atoms with E-state index >= 15 is 0 Å². The number of nitrogen functional groups attached to an aromatic ring is 1. The SMILES string of the molecule is C[C@H](Cc1cccc(C(=O)NCc2ccc(O)cc2)c1)NC[C@@H](O)c1ccc(N)nc1. The fourth-order valence-electron chi connectivity index (χ4n) is 3.21. The molecular formula is C24H28N4O3. The fraction of sp³-hybridized carbons (Fsp3) is 0.250. The number of amides is 1. The zero-order chi connectivity index (χ0) is 22.2. The van der Waals surface area contributed by atoms with Crippen molar-refractivity contribution in [2.24, 2.45) is 0 Å². The Morgan fingerprint density at radius 2 is 1.87 bits per heavy atom. The zero-order valence-corrected chi connectivity index (χ0v) is 17.5. The van der Waals surface area contributed by atoms with Crippen LogP contribution >= 0.6 is 0 Å². The molecule has 1 heterocycles. The number of phenolic OH excluding ortho intramolecular Hbond substituents is 1. The van der Waals surface area contributed by atoms with Gasteiger partial charge in [-0.1, -0.05) is 30.3 Å². The lowest BCUT2D eigenvalue weighted by Gasteiger charge is -2.18. The van der Waals surface area contributed by atoms with E-state index in [0.717, 1.165) is 11.1 Å². The van der Waals surface area contributed by atoms with E-state index in [-0.39, 0.29) is 17.7 Å². The number of nitrogens with one attached hydrogen (secondary N) is 2. The van der Waals surface area contributed by atoms with Crippen LogP contribution in [0.4, 0.5) is 5.82 Å². The minimum atomic E-state index is -0.674. The van der Waals surface area contributed by atoms with Crippen LogP contribution in [0.5, 0.6) is 5.75 Å². The van der Waals surface area contributed by atoms with Crippen LogP contribution in [0.15, 0.2) is 66.9 Å². The van der Waals surface area contributed by atoms with Crippen molar-refractivity contribution in [2.75, 3.05) is 12.3 Å². The molecular weight excluding hydrogens is 392 g/mol. The molecule has 0 aliphatic carbocycles. The second-order valence-corrected chi connectivity index (χ2v) is 7.60. The number of benzene rings is 2. The lowest BCUT2D eigenvalue weighted by atomic mass is 10.0. The van der Waals surface area contributed by atoms with Gasteiger partial charge in [0.1, 0.15) is 11.6 Å². The van der Waals surface area contributed by atoms with Crippen molar-refractivity contribution >= 4 is 11.7 Å². The quantitative estimate of drug-likeness (QED) is 0.363. The number of anilines is 1. The lowest BCUT2D eigenvalue weighted by molar-refractivity contribution is 0.0951. The Hall–Kier alpha value is -3.42. The lowest BCUT2D eigenvalue weighted by Crippen LogP contribution is -2.32. The topological polar surface area (TPSA) is 120 Å². The first-order valence-electron chi connectivity index (χ1n) is 10.2. The third kappa shape index (κ3) is 6.80. The van der Waals surface area contributed by atoms with Gasteiger partial charge in [-0.3, -0.25) is 4.79 Å². The van der Waals surface area contributed by atoms with Crippen molar-refractivity contribution in [3.05, 3.63) is 89.1 Å². The molecule has 7 nitrogen and oxygen atoms in total. The summed E-state index contributed by atoms with van der Waals surface area (Å²) in [5.74, 6) is 0.467. The van der Waals surface area contributed by atoms with Gasteiger partial charge in [-0.2, -0.15) is 0 Å². The van der Waals surface area contributed by atoms with Crippen LogP contribution in [0.1, 0.15) is 40.1 Å². The Morgan fingerprint density at radius 1 is 1.10 bits per heavy atom. The highest BCUT2D eigenvalue weighted by Gasteiger charge is 2.12. The summed E-state index contributed by atoms with van der Waals surface area (Å²) in [7, 11) is 0. The summed E-state index contributed by atoms with van der Waals surface area (Å²) in [6, 6.07) is 17.8. The van der Waals surface area contributed by atoms with Gasteiger partial charge in [-0.05, 0) is 54.8 Å². The maximum Gasteiger partial charge on any atom is 0.251 e. The van der Waals surface area contributed by atoms with E-state index in [0.29, 0.717) is 36.5 Å². The second-order valence-electron chi connectivity index (χ2n) is 7.60. The number of aromatic nitrogens is 1. The predicted octanol–water partition coefficient (Wildman–Crippen LogP) is 2.55. The largest absolute Gasteiger partial charge is 0.508 e. The van der Waals surface area contributed by atoms with Gasteiger partial charge in [-0.15, -0.1) is 0 Å². The molecule has 0 aliphatic heterocycles. The van der Waals surface area contributed by atoms with Crippen molar-refractivity contribution in [2.45, 2.75) is 32.0 Å². The number of hydrogen-bond acceptors (Lipinski definition) is 6. The first kappa shape index (κ1) is 22.3.